The van der Waals surface area contributed by atoms with E-state index in [-0.39, 0.29) is 40.5 Å². The number of rotatable bonds is 1. The van der Waals surface area contributed by atoms with Crippen LogP contribution in [0, 0.1) is 0 Å². The second-order valence-corrected chi connectivity index (χ2v) is 0.542. The van der Waals surface area contributed by atoms with Crippen LogP contribution in [0.25, 0.3) is 0 Å². The molecule has 0 amide bonds. The van der Waals surface area contributed by atoms with Crippen LogP contribution in [-0.2, 0) is 4.79 Å². The van der Waals surface area contributed by atoms with Crippen LogP contribution >= 0.6 is 0 Å². The van der Waals surface area contributed by atoms with Crippen LogP contribution in [0.3, 0.4) is 0 Å². The zero-order valence-corrected chi connectivity index (χ0v) is 6.59. The maximum atomic E-state index is 9.25. The van der Waals surface area contributed by atoms with Gasteiger partial charge in [0.1, 0.15) is 0 Å². The summed E-state index contributed by atoms with van der Waals surface area (Å²) in [5.74, 6) is -0.981. The Morgan fingerprint density at radius 2 is 1.75 bits per heavy atom. The van der Waals surface area contributed by atoms with E-state index in [4.69, 9.17) is 5.11 Å². The molecule has 0 saturated carbocycles. The Morgan fingerprint density at radius 3 is 1.75 bits per heavy atom. The Balaban J connectivity index is -0.0000000267. The van der Waals surface area contributed by atoms with Crippen LogP contribution in [0.2, 0.25) is 0 Å². The smallest absolute Gasteiger partial charge is 0.870 e. The van der Waals surface area contributed by atoms with Crippen LogP contribution in [-0.4, -0.2) is 22.0 Å². The van der Waals surface area contributed by atoms with Crippen molar-refractivity contribution < 1.29 is 50.4 Å². The van der Waals surface area contributed by atoms with Crippen LogP contribution in [0.5, 0.6) is 0 Å². The number of carboxylic acid groups (broad SMARTS) is 1. The number of hydrogen-bond donors (Lipinski definition) is 1. The van der Waals surface area contributed by atoms with Crippen LogP contribution in [0.15, 0.2) is 12.7 Å². The first-order chi connectivity index (χ1) is 2.27. The van der Waals surface area contributed by atoms with Gasteiger partial charge in [0.05, 0.1) is 0 Å². The van der Waals surface area contributed by atoms with E-state index in [1.165, 1.54) is 0 Å². The molecular weight excluding hydrogens is 123 g/mol. The molecule has 8 heavy (non-hydrogen) atoms. The number of aliphatic carboxylic acids is 1. The van der Waals surface area contributed by atoms with E-state index in [0.717, 1.165) is 6.08 Å². The van der Waals surface area contributed by atoms with E-state index >= 15 is 0 Å². The minimum atomic E-state index is -0.981. The molecule has 0 aromatic heterocycles. The fourth-order valence-corrected chi connectivity index (χ4v) is 0. The normalized spacial score (nSPS) is 4.00. The van der Waals surface area contributed by atoms with Crippen molar-refractivity contribution in [1.82, 2.24) is 0 Å². The summed E-state index contributed by atoms with van der Waals surface area (Å²) >= 11 is 0. The van der Waals surface area contributed by atoms with Crippen molar-refractivity contribution in [3.8, 4) is 0 Å². The van der Waals surface area contributed by atoms with Crippen molar-refractivity contribution in [2.75, 3.05) is 0 Å². The molecule has 0 aromatic rings. The summed E-state index contributed by atoms with van der Waals surface area (Å²) in [5, 5.41) is 7.60. The maximum Gasteiger partial charge on any atom is 1.00 e. The van der Waals surface area contributed by atoms with Gasteiger partial charge in [0.2, 0.25) is 0 Å². The Labute approximate surface area is 69.1 Å². The summed E-state index contributed by atoms with van der Waals surface area (Å²) in [5.41, 5.74) is 0. The summed E-state index contributed by atoms with van der Waals surface area (Å²) in [7, 11) is 0. The average molecular weight is 130 g/mol. The maximum absolute atomic E-state index is 9.25. The first kappa shape index (κ1) is 24.2. The van der Waals surface area contributed by atoms with E-state index < -0.39 is 5.97 Å². The van der Waals surface area contributed by atoms with Crippen molar-refractivity contribution >= 4 is 5.97 Å². The van der Waals surface area contributed by atoms with Gasteiger partial charge in [0.25, 0.3) is 0 Å². The van der Waals surface area contributed by atoms with Gasteiger partial charge in [-0.3, -0.25) is 0 Å². The molecule has 0 saturated heterocycles. The molecule has 0 spiro atoms. The van der Waals surface area contributed by atoms with E-state index in [2.05, 4.69) is 6.58 Å². The van der Waals surface area contributed by atoms with E-state index in [1.54, 1.807) is 0 Å². The zero-order chi connectivity index (χ0) is 4.28. The molecule has 44 valence electrons. The SMILES string of the molecule is C=CC(=O)O.O.[Na+].[OH-]. The third kappa shape index (κ3) is 35.6. The van der Waals surface area contributed by atoms with Crippen LogP contribution in [0.4, 0.5) is 0 Å². The first-order valence-electron chi connectivity index (χ1n) is 1.12. The molecule has 4 nitrogen and oxygen atoms in total. The third-order valence-corrected chi connectivity index (χ3v) is 0.175. The molecule has 0 heterocycles. The van der Waals surface area contributed by atoms with Crippen molar-refractivity contribution in [3.05, 3.63) is 12.7 Å². The second kappa shape index (κ2) is 15.7. The predicted molar refractivity (Wildman–Crippen MR) is 23.4 cm³/mol. The van der Waals surface area contributed by atoms with Crippen molar-refractivity contribution in [3.63, 3.8) is 0 Å². The second-order valence-electron chi connectivity index (χ2n) is 0.542. The van der Waals surface area contributed by atoms with E-state index in [1.807, 2.05) is 0 Å². The van der Waals surface area contributed by atoms with E-state index in [0.29, 0.717) is 0 Å². The van der Waals surface area contributed by atoms with Gasteiger partial charge < -0.3 is 16.1 Å². The molecule has 0 atom stereocenters. The molecule has 4 N–H and O–H groups in total. The molecule has 0 radical (unpaired) electrons. The topological polar surface area (TPSA) is 98.8 Å². The zero-order valence-electron chi connectivity index (χ0n) is 4.59. The van der Waals surface area contributed by atoms with Crippen molar-refractivity contribution in [2.45, 2.75) is 0 Å². The molecular formula is C3H7NaO4. The molecule has 0 aliphatic carbocycles. The average Bonchev–Trinajstić information content (AvgIpc) is 1.38. The van der Waals surface area contributed by atoms with Gasteiger partial charge in [-0.25, -0.2) is 4.79 Å². The molecule has 0 aliphatic rings. The van der Waals surface area contributed by atoms with Gasteiger partial charge in [-0.05, 0) is 0 Å². The van der Waals surface area contributed by atoms with Gasteiger partial charge in [-0.1, -0.05) is 6.58 Å². The quantitative estimate of drug-likeness (QED) is 0.291. The fourth-order valence-electron chi connectivity index (χ4n) is 0. The van der Waals surface area contributed by atoms with Crippen molar-refractivity contribution in [1.29, 1.82) is 0 Å². The molecule has 5 heteroatoms. The Kier molecular flexibility index (Phi) is 47.6. The van der Waals surface area contributed by atoms with Crippen molar-refractivity contribution in [2.24, 2.45) is 0 Å². The number of carboxylic acids is 1. The first-order valence-corrected chi connectivity index (χ1v) is 1.12. The summed E-state index contributed by atoms with van der Waals surface area (Å²) < 4.78 is 0. The third-order valence-electron chi connectivity index (χ3n) is 0.175. The standard InChI is InChI=1S/C3H4O2.Na.2H2O/c1-2-3(4)5;;;/h2H,1H2,(H,4,5);;2*1H2/q;+1;;/p-1. The molecule has 0 fully saturated rings. The Morgan fingerprint density at radius 1 is 1.62 bits per heavy atom. The summed E-state index contributed by atoms with van der Waals surface area (Å²) in [6, 6.07) is 0. The fraction of sp³-hybridized carbons (Fsp3) is 0. The minimum absolute atomic E-state index is 0. The molecule has 0 aliphatic heterocycles. The van der Waals surface area contributed by atoms with Crippen LogP contribution in [0.1, 0.15) is 0 Å². The van der Waals surface area contributed by atoms with Gasteiger partial charge in [-0.15, -0.1) is 0 Å². The predicted octanol–water partition coefficient (Wildman–Crippen LogP) is -3.74. The van der Waals surface area contributed by atoms with E-state index in [9.17, 15) is 4.79 Å². The van der Waals surface area contributed by atoms with Gasteiger partial charge in [0.15, 0.2) is 0 Å². The van der Waals surface area contributed by atoms with Gasteiger partial charge in [-0.2, -0.15) is 0 Å². The van der Waals surface area contributed by atoms with Gasteiger partial charge in [0, 0.05) is 6.08 Å². The summed E-state index contributed by atoms with van der Waals surface area (Å²) in [4.78, 5) is 9.25. The monoisotopic (exact) mass is 130 g/mol. The Bertz CT molecular complexity index is 62.3. The molecule has 0 bridgehead atoms. The minimum Gasteiger partial charge on any atom is -0.870 e. The summed E-state index contributed by atoms with van der Waals surface area (Å²) in [6.45, 7) is 2.96. The largest absolute Gasteiger partial charge is 1.00 e. The summed E-state index contributed by atoms with van der Waals surface area (Å²) in [6.07, 6.45) is 0.833. The van der Waals surface area contributed by atoms with Gasteiger partial charge >= 0.3 is 35.5 Å². The number of hydrogen-bond acceptors (Lipinski definition) is 2. The van der Waals surface area contributed by atoms with Crippen LogP contribution < -0.4 is 29.6 Å². The number of carbonyl (C=O) groups is 1. The molecule has 0 aromatic carbocycles. The Hall–Kier alpha value is 0.130. The molecule has 0 unspecified atom stereocenters. The molecule has 0 rings (SSSR count).